The molecule has 5 aromatic rings. The Morgan fingerprint density at radius 3 is 1.49 bits per heavy atom. The van der Waals surface area contributed by atoms with Crippen molar-refractivity contribution in [1.82, 2.24) is 0 Å². The van der Waals surface area contributed by atoms with Gasteiger partial charge in [-0.05, 0) is 48.0 Å². The van der Waals surface area contributed by atoms with Gasteiger partial charge in [0.05, 0.1) is 0 Å². The Balaban J connectivity index is 1.53. The summed E-state index contributed by atoms with van der Waals surface area (Å²) in [5.74, 6) is 0.521. The van der Waals surface area contributed by atoms with Crippen molar-refractivity contribution in [2.45, 2.75) is 12.8 Å². The molecule has 0 atom stereocenters. The monoisotopic (exact) mass is 503 g/mol. The van der Waals surface area contributed by atoms with Gasteiger partial charge >= 0.3 is 6.16 Å². The van der Waals surface area contributed by atoms with Gasteiger partial charge in [0, 0.05) is 5.56 Å². The molecule has 0 amide bonds. The lowest BCUT2D eigenvalue weighted by atomic mass is 10.2. The number of benzene rings is 5. The summed E-state index contributed by atoms with van der Waals surface area (Å²) in [4.78, 5) is 12.7. The minimum Gasteiger partial charge on any atom is -0.429 e. The Kier molecular flexibility index (Phi) is 7.74. The summed E-state index contributed by atoms with van der Waals surface area (Å²) in [5, 5.41) is 3.82. The lowest BCUT2D eigenvalue weighted by Gasteiger charge is -2.28. The van der Waals surface area contributed by atoms with E-state index in [1.165, 1.54) is 15.9 Å². The minimum atomic E-state index is -2.14. The Hall–Kier alpha value is -4.20. The van der Waals surface area contributed by atoms with E-state index in [-0.39, 0.29) is 6.61 Å². The summed E-state index contributed by atoms with van der Waals surface area (Å²) >= 11 is 0. The van der Waals surface area contributed by atoms with Crippen LogP contribution in [0, 0.1) is 0 Å². The number of hydrogen-bond acceptors (Lipinski definition) is 3. The molecule has 0 unspecified atom stereocenters. The Bertz CT molecular complexity index is 1330. The molecule has 5 aromatic carbocycles. The van der Waals surface area contributed by atoms with E-state index in [2.05, 4.69) is 72.8 Å². The normalized spacial score (nSPS) is 11.0. The molecule has 0 aliphatic rings. The highest BCUT2D eigenvalue weighted by Gasteiger charge is 2.46. The Labute approximate surface area is 218 Å². The molecule has 4 heteroatoms. The molecule has 182 valence electrons. The number of carbonyl (C=O) groups is 1. The molecule has 0 aromatic heterocycles. The van der Waals surface area contributed by atoms with Gasteiger partial charge in [-0.2, -0.15) is 0 Å². The SMILES string of the molecule is O=C(OCc1ccccc1)Oc1ccccc1C[P+](c1ccccc1)(c1ccccc1)c1ccccc1. The third kappa shape index (κ3) is 5.63. The van der Waals surface area contributed by atoms with Crippen molar-refractivity contribution in [3.63, 3.8) is 0 Å². The minimum absolute atomic E-state index is 0.164. The first-order valence-corrected chi connectivity index (χ1v) is 14.2. The summed E-state index contributed by atoms with van der Waals surface area (Å²) in [5.41, 5.74) is 1.87. The van der Waals surface area contributed by atoms with Crippen molar-refractivity contribution < 1.29 is 14.3 Å². The van der Waals surface area contributed by atoms with Crippen LogP contribution >= 0.6 is 7.26 Å². The second kappa shape index (κ2) is 11.7. The van der Waals surface area contributed by atoms with Gasteiger partial charge in [-0.1, -0.05) is 103 Å². The highest BCUT2D eigenvalue weighted by atomic mass is 31.2. The van der Waals surface area contributed by atoms with Crippen molar-refractivity contribution in [3.8, 4) is 5.75 Å². The van der Waals surface area contributed by atoms with E-state index in [0.717, 1.165) is 11.1 Å². The predicted octanol–water partition coefficient (Wildman–Crippen LogP) is 6.90. The van der Waals surface area contributed by atoms with Crippen LogP contribution in [0.2, 0.25) is 0 Å². The summed E-state index contributed by atoms with van der Waals surface area (Å²) < 4.78 is 11.2. The highest BCUT2D eigenvalue weighted by Crippen LogP contribution is 2.58. The summed E-state index contributed by atoms with van der Waals surface area (Å²) in [6, 6.07) is 49.4. The van der Waals surface area contributed by atoms with Crippen LogP contribution in [0.25, 0.3) is 0 Å². The third-order valence-corrected chi connectivity index (χ3v) is 10.7. The maximum atomic E-state index is 12.7. The molecule has 0 N–H and O–H groups in total. The van der Waals surface area contributed by atoms with E-state index in [1.54, 1.807) is 0 Å². The smallest absolute Gasteiger partial charge is 0.429 e. The second-order valence-electron chi connectivity index (χ2n) is 8.71. The van der Waals surface area contributed by atoms with Crippen molar-refractivity contribution in [2.24, 2.45) is 0 Å². The number of carbonyl (C=O) groups excluding carboxylic acids is 1. The van der Waals surface area contributed by atoms with Gasteiger partial charge in [0.25, 0.3) is 0 Å². The van der Waals surface area contributed by atoms with Crippen LogP contribution in [-0.4, -0.2) is 6.16 Å². The van der Waals surface area contributed by atoms with Crippen molar-refractivity contribution >= 4 is 29.3 Å². The van der Waals surface area contributed by atoms with Crippen molar-refractivity contribution in [1.29, 1.82) is 0 Å². The maximum absolute atomic E-state index is 12.7. The van der Waals surface area contributed by atoms with Crippen LogP contribution in [0.1, 0.15) is 11.1 Å². The quantitative estimate of drug-likeness (QED) is 0.131. The first-order valence-electron chi connectivity index (χ1n) is 12.3. The average Bonchev–Trinajstić information content (AvgIpc) is 2.97. The molecule has 0 saturated heterocycles. The highest BCUT2D eigenvalue weighted by molar-refractivity contribution is 7.95. The molecular weight excluding hydrogens is 475 g/mol. The lowest BCUT2D eigenvalue weighted by Crippen LogP contribution is -2.32. The lowest BCUT2D eigenvalue weighted by molar-refractivity contribution is 0.0925. The molecule has 0 saturated carbocycles. The van der Waals surface area contributed by atoms with Gasteiger partial charge in [0.15, 0.2) is 0 Å². The molecule has 0 heterocycles. The largest absolute Gasteiger partial charge is 0.514 e. The predicted molar refractivity (Wildman–Crippen MR) is 153 cm³/mol. The molecule has 0 aliphatic heterocycles. The van der Waals surface area contributed by atoms with E-state index in [4.69, 9.17) is 9.47 Å². The number of ether oxygens (including phenoxy) is 2. The molecule has 37 heavy (non-hydrogen) atoms. The van der Waals surface area contributed by atoms with Crippen molar-refractivity contribution in [2.75, 3.05) is 0 Å². The van der Waals surface area contributed by atoms with E-state index in [0.29, 0.717) is 11.9 Å². The molecular formula is C33H28O3P+. The van der Waals surface area contributed by atoms with Crippen LogP contribution in [0.4, 0.5) is 4.79 Å². The summed E-state index contributed by atoms with van der Waals surface area (Å²) in [7, 11) is -2.14. The number of para-hydroxylation sites is 1. The Morgan fingerprint density at radius 1 is 0.541 bits per heavy atom. The van der Waals surface area contributed by atoms with Crippen LogP contribution in [0.3, 0.4) is 0 Å². The van der Waals surface area contributed by atoms with Gasteiger partial charge in [0.2, 0.25) is 0 Å². The second-order valence-corrected chi connectivity index (χ2v) is 12.2. The third-order valence-electron chi connectivity index (χ3n) is 6.36. The first kappa shape index (κ1) is 24.5. The van der Waals surface area contributed by atoms with E-state index in [9.17, 15) is 4.79 Å². The number of hydrogen-bond donors (Lipinski definition) is 0. The first-order chi connectivity index (χ1) is 18.3. The van der Waals surface area contributed by atoms with Crippen LogP contribution in [0.5, 0.6) is 5.75 Å². The van der Waals surface area contributed by atoms with Crippen LogP contribution in [-0.2, 0) is 17.5 Å². The fourth-order valence-electron chi connectivity index (χ4n) is 4.59. The molecule has 0 bridgehead atoms. The van der Waals surface area contributed by atoms with Crippen molar-refractivity contribution in [3.05, 3.63) is 157 Å². The average molecular weight is 504 g/mol. The Morgan fingerprint density at radius 2 is 0.973 bits per heavy atom. The van der Waals surface area contributed by atoms with Crippen LogP contribution in [0.15, 0.2) is 146 Å². The summed E-state index contributed by atoms with van der Waals surface area (Å²) in [6.07, 6.45) is -0.00735. The van der Waals surface area contributed by atoms with E-state index >= 15 is 0 Å². The van der Waals surface area contributed by atoms with E-state index in [1.807, 2.05) is 72.8 Å². The van der Waals surface area contributed by atoms with Gasteiger partial charge in [-0.15, -0.1) is 0 Å². The molecule has 0 aliphatic carbocycles. The topological polar surface area (TPSA) is 35.5 Å². The van der Waals surface area contributed by atoms with Gasteiger partial charge in [-0.3, -0.25) is 0 Å². The zero-order valence-corrected chi connectivity index (χ0v) is 21.3. The fraction of sp³-hybridized carbons (Fsp3) is 0.0606. The summed E-state index contributed by atoms with van der Waals surface area (Å²) in [6.45, 7) is 0.164. The molecule has 0 spiro atoms. The van der Waals surface area contributed by atoms with Crippen LogP contribution < -0.4 is 20.7 Å². The zero-order chi connectivity index (χ0) is 25.3. The van der Waals surface area contributed by atoms with Gasteiger partial charge < -0.3 is 9.47 Å². The molecule has 3 nitrogen and oxygen atoms in total. The maximum Gasteiger partial charge on any atom is 0.514 e. The fourth-order valence-corrected chi connectivity index (χ4v) is 8.85. The van der Waals surface area contributed by atoms with E-state index < -0.39 is 13.4 Å². The number of rotatable bonds is 8. The standard InChI is InChI=1S/C33H28O3P/c34-33(35-25-27-15-5-1-6-16-27)36-32-24-14-13-17-28(32)26-37(29-18-7-2-8-19-29,30-20-9-3-10-21-30)31-22-11-4-12-23-31/h1-24H,25-26H2/q+1. The molecule has 0 radical (unpaired) electrons. The van der Waals surface area contributed by atoms with Gasteiger partial charge in [0.1, 0.15) is 41.7 Å². The van der Waals surface area contributed by atoms with Gasteiger partial charge in [-0.25, -0.2) is 4.79 Å². The molecule has 0 fully saturated rings. The zero-order valence-electron chi connectivity index (χ0n) is 20.4. The molecule has 5 rings (SSSR count).